The quantitative estimate of drug-likeness (QED) is 0.0372. The normalized spacial score (nSPS) is 15.7. The number of cyclic esters (lactones) is 1. The maximum atomic E-state index is 12.0. The Hall–Kier alpha value is -1.31. The molecule has 1 unspecified atom stereocenters. The highest BCUT2D eigenvalue weighted by Crippen LogP contribution is 2.32. The Balaban J connectivity index is 1.83. The van der Waals surface area contributed by atoms with Gasteiger partial charge in [-0.05, 0) is 76.7 Å². The number of esters is 1. The lowest BCUT2D eigenvalue weighted by atomic mass is 9.93. The molecule has 1 fully saturated rings. The van der Waals surface area contributed by atoms with Crippen LogP contribution in [0.4, 0.5) is 0 Å². The fourth-order valence-corrected chi connectivity index (χ4v) is 7.05. The van der Waals surface area contributed by atoms with Crippen molar-refractivity contribution >= 4 is 5.97 Å². The fourth-order valence-electron chi connectivity index (χ4n) is 7.05. The molecule has 0 saturated carbocycles. The van der Waals surface area contributed by atoms with Crippen LogP contribution in [0.25, 0.3) is 0 Å². The molecule has 0 aliphatic carbocycles. The van der Waals surface area contributed by atoms with Crippen molar-refractivity contribution in [1.29, 1.82) is 0 Å². The Bertz CT molecular complexity index is 762. The number of carbonyl (C=O) groups is 1. The first-order valence-corrected chi connectivity index (χ1v) is 22.0. The predicted molar refractivity (Wildman–Crippen MR) is 214 cm³/mol. The van der Waals surface area contributed by atoms with Gasteiger partial charge in [0.15, 0.2) is 0 Å². The zero-order valence-corrected chi connectivity index (χ0v) is 32.7. The van der Waals surface area contributed by atoms with E-state index in [1.165, 1.54) is 212 Å². The Kier molecular flexibility index (Phi) is 34.4. The van der Waals surface area contributed by atoms with Gasteiger partial charge in [0.1, 0.15) is 11.7 Å². The Morgan fingerprint density at radius 1 is 0.396 bits per heavy atom. The summed E-state index contributed by atoms with van der Waals surface area (Å²) in [7, 11) is 0. The minimum Gasteiger partial charge on any atom is -0.430 e. The molecule has 0 spiro atoms. The number of hydrogen-bond donors (Lipinski definition) is 0. The maximum Gasteiger partial charge on any atom is 0.321 e. The van der Waals surface area contributed by atoms with Crippen LogP contribution in [0.15, 0.2) is 36.1 Å². The maximum absolute atomic E-state index is 12.0. The second kappa shape index (κ2) is 37.0. The van der Waals surface area contributed by atoms with Crippen molar-refractivity contribution in [3.63, 3.8) is 0 Å². The lowest BCUT2D eigenvalue weighted by Gasteiger charge is -2.28. The lowest BCUT2D eigenvalue weighted by Crippen LogP contribution is -2.32. The molecule has 1 aliphatic heterocycles. The summed E-state index contributed by atoms with van der Waals surface area (Å²) in [4.78, 5) is 12.0. The molecule has 0 bridgehead atoms. The molecule has 1 rings (SSSR count). The molecule has 1 heterocycles. The van der Waals surface area contributed by atoms with Gasteiger partial charge in [0, 0.05) is 0 Å². The first kappa shape index (κ1) is 44.7. The van der Waals surface area contributed by atoms with Crippen molar-refractivity contribution in [2.24, 2.45) is 5.92 Å². The molecule has 0 aromatic heterocycles. The minimum absolute atomic E-state index is 0.0152. The average Bonchev–Trinajstić information content (AvgIpc) is 3.09. The highest BCUT2D eigenvalue weighted by Gasteiger charge is 2.36. The van der Waals surface area contributed by atoms with Crippen LogP contribution in [0.3, 0.4) is 0 Å². The number of rotatable bonds is 38. The van der Waals surface area contributed by atoms with Crippen LogP contribution in [0.1, 0.15) is 245 Å². The molecule has 1 atom stereocenters. The molecular weight excluding hydrogens is 585 g/mol. The summed E-state index contributed by atoms with van der Waals surface area (Å²) in [5.41, 5.74) is 0. The summed E-state index contributed by atoms with van der Waals surface area (Å²) in [6.07, 6.45) is 60.1. The van der Waals surface area contributed by atoms with Crippen molar-refractivity contribution in [2.45, 2.75) is 245 Å². The highest BCUT2D eigenvalue weighted by atomic mass is 16.6. The van der Waals surface area contributed by atoms with Crippen LogP contribution in [0.5, 0.6) is 0 Å². The molecule has 1 saturated heterocycles. The third-order valence-electron chi connectivity index (χ3n) is 10.4. The molecular formula is C46H84O2. The summed E-state index contributed by atoms with van der Waals surface area (Å²) in [5, 5.41) is 0. The van der Waals surface area contributed by atoms with Gasteiger partial charge in [-0.2, -0.15) is 0 Å². The van der Waals surface area contributed by atoms with Crippen molar-refractivity contribution in [3.05, 3.63) is 36.1 Å². The van der Waals surface area contributed by atoms with E-state index in [-0.39, 0.29) is 11.9 Å². The molecule has 0 radical (unpaired) electrons. The number of allylic oxidation sites excluding steroid dienone is 5. The Labute approximate surface area is 301 Å². The summed E-state index contributed by atoms with van der Waals surface area (Å²) in [6.45, 7) is 4.58. The van der Waals surface area contributed by atoms with Crippen LogP contribution in [0, 0.1) is 5.92 Å². The second-order valence-corrected chi connectivity index (χ2v) is 15.2. The van der Waals surface area contributed by atoms with Gasteiger partial charge in [-0.1, -0.05) is 199 Å². The largest absolute Gasteiger partial charge is 0.430 e. The SMILES string of the molecule is CCCCCCCCC/C=C/CCCCCCCCCC/C=C1/OC(=O)C1CCCCCCCCCC/C=C/CCCCCCCCC. The van der Waals surface area contributed by atoms with Crippen LogP contribution < -0.4 is 0 Å². The molecule has 2 nitrogen and oxygen atoms in total. The summed E-state index contributed by atoms with van der Waals surface area (Å²) in [6, 6.07) is 0. The molecule has 48 heavy (non-hydrogen) atoms. The average molecular weight is 669 g/mol. The Morgan fingerprint density at radius 2 is 0.688 bits per heavy atom. The highest BCUT2D eigenvalue weighted by molar-refractivity contribution is 5.82. The minimum atomic E-state index is 0.0152. The van der Waals surface area contributed by atoms with Crippen molar-refractivity contribution < 1.29 is 9.53 Å². The zero-order chi connectivity index (χ0) is 34.4. The van der Waals surface area contributed by atoms with E-state index >= 15 is 0 Å². The predicted octanol–water partition coefficient (Wildman–Crippen LogP) is 16.2. The molecule has 280 valence electrons. The van der Waals surface area contributed by atoms with Gasteiger partial charge >= 0.3 is 5.97 Å². The summed E-state index contributed by atoms with van der Waals surface area (Å²) >= 11 is 0. The van der Waals surface area contributed by atoms with Gasteiger partial charge in [0.25, 0.3) is 0 Å². The number of unbranched alkanes of at least 4 members (excludes halogenated alkanes) is 31. The standard InChI is InChI=1S/C46H84O2/c1-3-5-7-9-11-13-15-17-19-21-23-25-27-29-31-33-35-37-39-41-43-45-44(46(47)48-45)42-40-38-36-34-32-30-28-26-24-22-20-18-16-14-12-10-8-6-4-2/h19-22,43-44H,3-18,23-42H2,1-2H3/b21-19+,22-20+,45-43+. The first-order valence-electron chi connectivity index (χ1n) is 22.0. The second-order valence-electron chi connectivity index (χ2n) is 15.2. The molecule has 1 aliphatic rings. The van der Waals surface area contributed by atoms with E-state index in [9.17, 15) is 4.79 Å². The van der Waals surface area contributed by atoms with Crippen molar-refractivity contribution in [3.8, 4) is 0 Å². The van der Waals surface area contributed by atoms with Crippen LogP contribution in [-0.4, -0.2) is 5.97 Å². The topological polar surface area (TPSA) is 26.3 Å². The van der Waals surface area contributed by atoms with Crippen LogP contribution in [-0.2, 0) is 9.53 Å². The Morgan fingerprint density at radius 3 is 1.02 bits per heavy atom. The molecule has 0 N–H and O–H groups in total. The monoisotopic (exact) mass is 669 g/mol. The molecule has 0 aromatic carbocycles. The summed E-state index contributed by atoms with van der Waals surface area (Å²) < 4.78 is 5.40. The van der Waals surface area contributed by atoms with Gasteiger partial charge in [-0.25, -0.2) is 0 Å². The van der Waals surface area contributed by atoms with E-state index in [0.29, 0.717) is 0 Å². The third kappa shape index (κ3) is 29.6. The molecule has 0 amide bonds. The fraction of sp³-hybridized carbons (Fsp3) is 0.848. The van der Waals surface area contributed by atoms with E-state index in [1.807, 2.05) is 0 Å². The smallest absolute Gasteiger partial charge is 0.321 e. The van der Waals surface area contributed by atoms with Gasteiger partial charge in [-0.15, -0.1) is 0 Å². The number of ether oxygens (including phenoxy) is 1. The van der Waals surface area contributed by atoms with Crippen LogP contribution >= 0.6 is 0 Å². The van der Waals surface area contributed by atoms with E-state index < -0.39 is 0 Å². The van der Waals surface area contributed by atoms with E-state index in [2.05, 4.69) is 44.2 Å². The number of carbonyl (C=O) groups excluding carboxylic acids is 1. The molecule has 0 aromatic rings. The third-order valence-corrected chi connectivity index (χ3v) is 10.4. The van der Waals surface area contributed by atoms with Gasteiger partial charge in [-0.3, -0.25) is 4.79 Å². The van der Waals surface area contributed by atoms with Crippen molar-refractivity contribution in [1.82, 2.24) is 0 Å². The van der Waals surface area contributed by atoms with E-state index in [1.54, 1.807) is 0 Å². The summed E-state index contributed by atoms with van der Waals surface area (Å²) in [5.74, 6) is 1.06. The van der Waals surface area contributed by atoms with Gasteiger partial charge in [0.05, 0.1) is 0 Å². The van der Waals surface area contributed by atoms with Crippen molar-refractivity contribution in [2.75, 3.05) is 0 Å². The molecule has 2 heteroatoms. The van der Waals surface area contributed by atoms with Gasteiger partial charge < -0.3 is 4.74 Å². The zero-order valence-electron chi connectivity index (χ0n) is 32.7. The van der Waals surface area contributed by atoms with Gasteiger partial charge in [0.2, 0.25) is 0 Å². The van der Waals surface area contributed by atoms with E-state index in [4.69, 9.17) is 4.74 Å². The van der Waals surface area contributed by atoms with E-state index in [0.717, 1.165) is 25.0 Å². The first-order chi connectivity index (χ1) is 23.8. The number of hydrogen-bond acceptors (Lipinski definition) is 2. The lowest BCUT2D eigenvalue weighted by molar-refractivity contribution is -0.157. The van der Waals surface area contributed by atoms with Crippen LogP contribution in [0.2, 0.25) is 0 Å².